The summed E-state index contributed by atoms with van der Waals surface area (Å²) >= 11 is 0. The van der Waals surface area contributed by atoms with Crippen LogP contribution in [0.25, 0.3) is 0 Å². The van der Waals surface area contributed by atoms with Crippen molar-refractivity contribution in [2.75, 3.05) is 13.2 Å². The molecule has 1 amide bonds. The average Bonchev–Trinajstić information content (AvgIpc) is 2.14. The molecular formula is C8H18N2O3. The number of nitrogens with one attached hydrogen (secondary N) is 1. The van der Waals surface area contributed by atoms with E-state index in [-0.39, 0.29) is 18.9 Å². The number of carbonyl (C=O) groups excluding carboxylic acids is 1. The molecule has 0 spiro atoms. The van der Waals surface area contributed by atoms with Gasteiger partial charge in [-0.3, -0.25) is 10.2 Å². The smallest absolute Gasteiger partial charge is 0.233 e. The second kappa shape index (κ2) is 7.97. The van der Waals surface area contributed by atoms with Crippen molar-refractivity contribution in [3.05, 3.63) is 0 Å². The monoisotopic (exact) mass is 190 g/mol. The van der Waals surface area contributed by atoms with Crippen LogP contribution in [0.1, 0.15) is 26.2 Å². The predicted octanol–water partition coefficient (Wildman–Crippen LogP) is -0.456. The predicted molar refractivity (Wildman–Crippen MR) is 48.7 cm³/mol. The minimum Gasteiger partial charge on any atom is -0.391 e. The highest BCUT2D eigenvalue weighted by Crippen LogP contribution is 1.97. The van der Waals surface area contributed by atoms with Gasteiger partial charge in [0.05, 0.1) is 12.7 Å². The lowest BCUT2D eigenvalue weighted by atomic mass is 10.2. The number of hydrogen-bond acceptors (Lipinski definition) is 4. The third-order valence-electron chi connectivity index (χ3n) is 1.52. The van der Waals surface area contributed by atoms with Gasteiger partial charge in [0.2, 0.25) is 5.91 Å². The minimum atomic E-state index is -0.580. The third-order valence-corrected chi connectivity index (χ3v) is 1.52. The van der Waals surface area contributed by atoms with Crippen LogP contribution in [0.2, 0.25) is 0 Å². The van der Waals surface area contributed by atoms with Gasteiger partial charge < -0.3 is 9.84 Å². The molecular weight excluding hydrogens is 172 g/mol. The van der Waals surface area contributed by atoms with Crippen molar-refractivity contribution in [3.8, 4) is 0 Å². The molecule has 0 saturated heterocycles. The van der Waals surface area contributed by atoms with Crippen LogP contribution >= 0.6 is 0 Å². The van der Waals surface area contributed by atoms with E-state index in [1.807, 2.05) is 12.3 Å². The van der Waals surface area contributed by atoms with Gasteiger partial charge in [-0.25, -0.2) is 5.84 Å². The van der Waals surface area contributed by atoms with E-state index in [0.717, 1.165) is 6.42 Å². The fraction of sp³-hybridized carbons (Fsp3) is 0.875. The normalized spacial score (nSPS) is 12.5. The summed E-state index contributed by atoms with van der Waals surface area (Å²) in [7, 11) is 0. The van der Waals surface area contributed by atoms with Crippen molar-refractivity contribution in [1.82, 2.24) is 5.43 Å². The SMILES string of the molecule is CCCOCC(O)CCC(=O)NN. The van der Waals surface area contributed by atoms with Crippen molar-refractivity contribution < 1.29 is 14.6 Å². The number of aliphatic hydroxyl groups is 1. The Labute approximate surface area is 78.2 Å². The van der Waals surface area contributed by atoms with Gasteiger partial charge in [-0.15, -0.1) is 0 Å². The van der Waals surface area contributed by atoms with Gasteiger partial charge in [-0.2, -0.15) is 0 Å². The molecule has 0 aliphatic rings. The number of aliphatic hydroxyl groups excluding tert-OH is 1. The van der Waals surface area contributed by atoms with E-state index in [9.17, 15) is 9.90 Å². The molecule has 5 nitrogen and oxygen atoms in total. The second-order valence-electron chi connectivity index (χ2n) is 2.83. The number of hydrogen-bond donors (Lipinski definition) is 3. The summed E-state index contributed by atoms with van der Waals surface area (Å²) in [5.74, 6) is 4.60. The van der Waals surface area contributed by atoms with Gasteiger partial charge in [-0.1, -0.05) is 6.92 Å². The zero-order valence-electron chi connectivity index (χ0n) is 7.95. The van der Waals surface area contributed by atoms with Gasteiger partial charge in [0.25, 0.3) is 0 Å². The molecule has 0 heterocycles. The molecule has 0 aromatic carbocycles. The highest BCUT2D eigenvalue weighted by atomic mass is 16.5. The first-order valence-electron chi connectivity index (χ1n) is 4.46. The van der Waals surface area contributed by atoms with Gasteiger partial charge in [0, 0.05) is 13.0 Å². The molecule has 0 aliphatic carbocycles. The van der Waals surface area contributed by atoms with E-state index < -0.39 is 6.10 Å². The number of rotatable bonds is 7. The van der Waals surface area contributed by atoms with Gasteiger partial charge in [-0.05, 0) is 12.8 Å². The first-order chi connectivity index (χ1) is 6.20. The fourth-order valence-electron chi connectivity index (χ4n) is 0.817. The molecule has 1 atom stereocenters. The van der Waals surface area contributed by atoms with Crippen LogP contribution in [0.5, 0.6) is 0 Å². The van der Waals surface area contributed by atoms with Gasteiger partial charge in [0.15, 0.2) is 0 Å². The minimum absolute atomic E-state index is 0.229. The van der Waals surface area contributed by atoms with Crippen molar-refractivity contribution >= 4 is 5.91 Å². The van der Waals surface area contributed by atoms with Crippen LogP contribution in [0, 0.1) is 0 Å². The Hall–Kier alpha value is -0.650. The first kappa shape index (κ1) is 12.3. The summed E-state index contributed by atoms with van der Waals surface area (Å²) in [6.07, 6.45) is 0.958. The summed E-state index contributed by atoms with van der Waals surface area (Å²) < 4.78 is 5.10. The fourth-order valence-corrected chi connectivity index (χ4v) is 0.817. The van der Waals surface area contributed by atoms with Crippen LogP contribution in [-0.2, 0) is 9.53 Å². The quantitative estimate of drug-likeness (QED) is 0.219. The van der Waals surface area contributed by atoms with E-state index in [1.165, 1.54) is 0 Å². The van der Waals surface area contributed by atoms with Crippen molar-refractivity contribution in [1.29, 1.82) is 0 Å². The maximum Gasteiger partial charge on any atom is 0.233 e. The second-order valence-corrected chi connectivity index (χ2v) is 2.83. The lowest BCUT2D eigenvalue weighted by molar-refractivity contribution is -0.121. The van der Waals surface area contributed by atoms with Crippen molar-refractivity contribution in [3.63, 3.8) is 0 Å². The van der Waals surface area contributed by atoms with Crippen molar-refractivity contribution in [2.24, 2.45) is 5.84 Å². The van der Waals surface area contributed by atoms with E-state index >= 15 is 0 Å². The number of nitrogens with two attached hydrogens (primary N) is 1. The molecule has 0 fully saturated rings. The van der Waals surface area contributed by atoms with Crippen LogP contribution in [-0.4, -0.2) is 30.3 Å². The standard InChI is InChI=1S/C8H18N2O3/c1-2-5-13-6-7(11)3-4-8(12)10-9/h7,11H,2-6,9H2,1H3,(H,10,12). The Morgan fingerprint density at radius 2 is 2.38 bits per heavy atom. The van der Waals surface area contributed by atoms with Gasteiger partial charge in [0.1, 0.15) is 0 Å². The molecule has 4 N–H and O–H groups in total. The lowest BCUT2D eigenvalue weighted by Crippen LogP contribution is -2.31. The van der Waals surface area contributed by atoms with Crippen LogP contribution in [0.15, 0.2) is 0 Å². The van der Waals surface area contributed by atoms with E-state index in [1.54, 1.807) is 0 Å². The summed E-state index contributed by atoms with van der Waals surface area (Å²) in [6.45, 7) is 2.92. The third kappa shape index (κ3) is 7.70. The topological polar surface area (TPSA) is 84.6 Å². The summed E-state index contributed by atoms with van der Waals surface area (Å²) in [5.41, 5.74) is 2.00. The molecule has 13 heavy (non-hydrogen) atoms. The Balaban J connectivity index is 3.29. The number of carbonyl (C=O) groups is 1. The zero-order valence-corrected chi connectivity index (χ0v) is 7.95. The Morgan fingerprint density at radius 1 is 1.69 bits per heavy atom. The summed E-state index contributed by atoms with van der Waals surface area (Å²) in [4.78, 5) is 10.7. The molecule has 0 rings (SSSR count). The maximum atomic E-state index is 10.7. The molecule has 0 saturated carbocycles. The van der Waals surface area contributed by atoms with Crippen molar-refractivity contribution in [2.45, 2.75) is 32.3 Å². The summed E-state index contributed by atoms with van der Waals surface area (Å²) in [6, 6.07) is 0. The van der Waals surface area contributed by atoms with Crippen LogP contribution < -0.4 is 11.3 Å². The highest BCUT2D eigenvalue weighted by molar-refractivity contribution is 5.75. The Bertz CT molecular complexity index is 141. The molecule has 0 radical (unpaired) electrons. The summed E-state index contributed by atoms with van der Waals surface area (Å²) in [5, 5.41) is 9.27. The Kier molecular flexibility index (Phi) is 7.57. The molecule has 0 aromatic heterocycles. The van der Waals surface area contributed by atoms with Crippen LogP contribution in [0.4, 0.5) is 0 Å². The number of ether oxygens (including phenoxy) is 1. The van der Waals surface area contributed by atoms with E-state index in [4.69, 9.17) is 10.6 Å². The molecule has 78 valence electrons. The highest BCUT2D eigenvalue weighted by Gasteiger charge is 2.06. The zero-order chi connectivity index (χ0) is 10.1. The van der Waals surface area contributed by atoms with Gasteiger partial charge >= 0.3 is 0 Å². The molecule has 0 aromatic rings. The lowest BCUT2D eigenvalue weighted by Gasteiger charge is -2.09. The number of amides is 1. The van der Waals surface area contributed by atoms with E-state index in [0.29, 0.717) is 13.0 Å². The molecule has 0 aliphatic heterocycles. The number of hydrazine groups is 1. The largest absolute Gasteiger partial charge is 0.391 e. The molecule has 0 bridgehead atoms. The maximum absolute atomic E-state index is 10.7. The molecule has 1 unspecified atom stereocenters. The van der Waals surface area contributed by atoms with Crippen LogP contribution in [0.3, 0.4) is 0 Å². The molecule has 5 heteroatoms. The first-order valence-corrected chi connectivity index (χ1v) is 4.46. The average molecular weight is 190 g/mol. The Morgan fingerprint density at radius 3 is 2.92 bits per heavy atom. The van der Waals surface area contributed by atoms with E-state index in [2.05, 4.69) is 0 Å².